The van der Waals surface area contributed by atoms with Crippen LogP contribution in [0.2, 0.25) is 0 Å². The lowest BCUT2D eigenvalue weighted by Gasteiger charge is -2.19. The number of hydrogen-bond donors (Lipinski definition) is 0. The number of esters is 1. The van der Waals surface area contributed by atoms with Crippen molar-refractivity contribution in [2.24, 2.45) is 0 Å². The summed E-state index contributed by atoms with van der Waals surface area (Å²) in [6, 6.07) is 20.3. The molecule has 0 atom stereocenters. The standard InChI is InChI=1S/C25H29N3O2/c1-3-30-23(29)17-11-6-12-18-28(2)22-19-26-24(20-13-7-4-8-14-20)25(27-22)21-15-9-5-10-16-21/h4-5,7-10,13-16,19H,3,6,11-12,17-18H2,1-2H3. The highest BCUT2D eigenvalue weighted by Crippen LogP contribution is 2.30. The number of nitrogens with zero attached hydrogens (tertiary/aromatic N) is 3. The van der Waals surface area contributed by atoms with Crippen molar-refractivity contribution in [2.45, 2.75) is 32.6 Å². The lowest BCUT2D eigenvalue weighted by atomic mass is 10.0. The van der Waals surface area contributed by atoms with Crippen LogP contribution in [0.1, 0.15) is 32.6 Å². The molecule has 0 spiro atoms. The quantitative estimate of drug-likeness (QED) is 0.336. The van der Waals surface area contributed by atoms with Crippen molar-refractivity contribution in [2.75, 3.05) is 25.1 Å². The highest BCUT2D eigenvalue weighted by atomic mass is 16.5. The molecule has 0 saturated heterocycles. The Kier molecular flexibility index (Phi) is 7.95. The van der Waals surface area contributed by atoms with Gasteiger partial charge in [-0.3, -0.25) is 9.78 Å². The normalized spacial score (nSPS) is 10.6. The zero-order valence-corrected chi connectivity index (χ0v) is 17.8. The Morgan fingerprint density at radius 2 is 1.53 bits per heavy atom. The summed E-state index contributed by atoms with van der Waals surface area (Å²) in [6.07, 6.45) is 5.14. The Balaban J connectivity index is 1.71. The van der Waals surface area contributed by atoms with Gasteiger partial charge in [0.05, 0.1) is 24.2 Å². The van der Waals surface area contributed by atoms with E-state index < -0.39 is 0 Å². The molecule has 0 unspecified atom stereocenters. The summed E-state index contributed by atoms with van der Waals surface area (Å²) < 4.78 is 4.97. The molecule has 156 valence electrons. The van der Waals surface area contributed by atoms with Gasteiger partial charge in [0.1, 0.15) is 5.82 Å². The number of hydrogen-bond acceptors (Lipinski definition) is 5. The van der Waals surface area contributed by atoms with Crippen molar-refractivity contribution in [1.29, 1.82) is 0 Å². The fourth-order valence-corrected chi connectivity index (χ4v) is 3.31. The van der Waals surface area contributed by atoms with Crippen molar-refractivity contribution < 1.29 is 9.53 Å². The van der Waals surface area contributed by atoms with Crippen LogP contribution < -0.4 is 4.90 Å². The van der Waals surface area contributed by atoms with Crippen LogP contribution in [0.25, 0.3) is 22.5 Å². The smallest absolute Gasteiger partial charge is 0.305 e. The lowest BCUT2D eigenvalue weighted by Crippen LogP contribution is -2.20. The van der Waals surface area contributed by atoms with E-state index in [1.54, 1.807) is 0 Å². The fourth-order valence-electron chi connectivity index (χ4n) is 3.31. The number of benzene rings is 2. The molecule has 5 heteroatoms. The van der Waals surface area contributed by atoms with Gasteiger partial charge in [-0.05, 0) is 19.8 Å². The second-order valence-electron chi connectivity index (χ2n) is 7.19. The van der Waals surface area contributed by atoms with E-state index in [0.717, 1.165) is 54.1 Å². The van der Waals surface area contributed by atoms with Crippen LogP contribution >= 0.6 is 0 Å². The van der Waals surface area contributed by atoms with E-state index in [0.29, 0.717) is 13.0 Å². The molecule has 5 nitrogen and oxygen atoms in total. The van der Waals surface area contributed by atoms with E-state index in [-0.39, 0.29) is 5.97 Å². The topological polar surface area (TPSA) is 55.3 Å². The molecule has 2 aromatic carbocycles. The molecule has 0 fully saturated rings. The number of ether oxygens (including phenoxy) is 1. The highest BCUT2D eigenvalue weighted by molar-refractivity contribution is 5.78. The van der Waals surface area contributed by atoms with E-state index in [1.807, 2.05) is 56.6 Å². The Labute approximate surface area is 178 Å². The van der Waals surface area contributed by atoms with Crippen LogP contribution in [-0.4, -0.2) is 36.1 Å². The van der Waals surface area contributed by atoms with Crippen LogP contribution in [0.4, 0.5) is 5.82 Å². The second kappa shape index (κ2) is 11.1. The maximum absolute atomic E-state index is 11.4. The molecule has 0 bridgehead atoms. The maximum atomic E-state index is 11.4. The lowest BCUT2D eigenvalue weighted by molar-refractivity contribution is -0.143. The van der Waals surface area contributed by atoms with E-state index in [1.165, 1.54) is 0 Å². The van der Waals surface area contributed by atoms with Gasteiger partial charge in [0, 0.05) is 31.1 Å². The minimum absolute atomic E-state index is 0.110. The van der Waals surface area contributed by atoms with Crippen LogP contribution in [0.3, 0.4) is 0 Å². The molecule has 0 radical (unpaired) electrons. The van der Waals surface area contributed by atoms with Crippen molar-refractivity contribution in [3.8, 4) is 22.5 Å². The third-order valence-corrected chi connectivity index (χ3v) is 4.93. The molecule has 0 aliphatic heterocycles. The molecule has 1 aromatic heterocycles. The largest absolute Gasteiger partial charge is 0.466 e. The summed E-state index contributed by atoms with van der Waals surface area (Å²) in [6.45, 7) is 3.14. The summed E-state index contributed by atoms with van der Waals surface area (Å²) in [7, 11) is 2.03. The first-order chi connectivity index (χ1) is 14.7. The SMILES string of the molecule is CCOC(=O)CCCCCN(C)c1cnc(-c2ccccc2)c(-c2ccccc2)n1. The van der Waals surface area contributed by atoms with E-state index in [9.17, 15) is 4.79 Å². The van der Waals surface area contributed by atoms with Crippen molar-refractivity contribution >= 4 is 11.8 Å². The second-order valence-corrected chi connectivity index (χ2v) is 7.19. The molecule has 0 aliphatic carbocycles. The van der Waals surface area contributed by atoms with Crippen LogP contribution in [-0.2, 0) is 9.53 Å². The Hall–Kier alpha value is -3.21. The molecular weight excluding hydrogens is 374 g/mol. The number of rotatable bonds is 10. The molecule has 0 saturated carbocycles. The maximum Gasteiger partial charge on any atom is 0.305 e. The van der Waals surface area contributed by atoms with Crippen LogP contribution in [0.5, 0.6) is 0 Å². The van der Waals surface area contributed by atoms with E-state index in [2.05, 4.69) is 29.2 Å². The number of carbonyl (C=O) groups is 1. The Bertz CT molecular complexity index is 930. The van der Waals surface area contributed by atoms with Gasteiger partial charge < -0.3 is 9.64 Å². The van der Waals surface area contributed by atoms with Crippen LogP contribution in [0, 0.1) is 0 Å². The van der Waals surface area contributed by atoms with Gasteiger partial charge in [0.2, 0.25) is 0 Å². The van der Waals surface area contributed by atoms with Crippen molar-refractivity contribution in [1.82, 2.24) is 9.97 Å². The van der Waals surface area contributed by atoms with Gasteiger partial charge in [-0.2, -0.15) is 0 Å². The van der Waals surface area contributed by atoms with E-state index >= 15 is 0 Å². The number of aromatic nitrogens is 2. The van der Waals surface area contributed by atoms with Crippen LogP contribution in [0.15, 0.2) is 66.9 Å². The minimum atomic E-state index is -0.110. The van der Waals surface area contributed by atoms with Gasteiger partial charge in [-0.1, -0.05) is 67.1 Å². The third kappa shape index (κ3) is 5.89. The molecule has 0 amide bonds. The minimum Gasteiger partial charge on any atom is -0.466 e. The molecule has 0 aliphatic rings. The number of anilines is 1. The molecule has 3 aromatic rings. The Morgan fingerprint density at radius 1 is 0.900 bits per heavy atom. The predicted molar refractivity (Wildman–Crippen MR) is 121 cm³/mol. The summed E-state index contributed by atoms with van der Waals surface area (Å²) in [5.41, 5.74) is 3.87. The average molecular weight is 404 g/mol. The van der Waals surface area contributed by atoms with Gasteiger partial charge in [0.25, 0.3) is 0 Å². The first-order valence-electron chi connectivity index (χ1n) is 10.5. The Morgan fingerprint density at radius 3 is 2.17 bits per heavy atom. The third-order valence-electron chi connectivity index (χ3n) is 4.93. The van der Waals surface area contributed by atoms with Gasteiger partial charge in [-0.25, -0.2) is 4.98 Å². The van der Waals surface area contributed by atoms with Gasteiger partial charge >= 0.3 is 5.97 Å². The summed E-state index contributed by atoms with van der Waals surface area (Å²) in [5, 5.41) is 0. The first kappa shape index (κ1) is 21.5. The molecule has 0 N–H and O–H groups in total. The molecular formula is C25H29N3O2. The van der Waals surface area contributed by atoms with Gasteiger partial charge in [0.15, 0.2) is 0 Å². The monoisotopic (exact) mass is 403 g/mol. The van der Waals surface area contributed by atoms with E-state index in [4.69, 9.17) is 14.7 Å². The zero-order valence-electron chi connectivity index (χ0n) is 17.8. The molecule has 1 heterocycles. The predicted octanol–water partition coefficient (Wildman–Crippen LogP) is 5.37. The number of unbranched alkanes of at least 4 members (excludes halogenated alkanes) is 2. The highest BCUT2D eigenvalue weighted by Gasteiger charge is 2.14. The number of carbonyl (C=O) groups excluding carboxylic acids is 1. The zero-order chi connectivity index (χ0) is 21.2. The first-order valence-corrected chi connectivity index (χ1v) is 10.5. The average Bonchev–Trinajstić information content (AvgIpc) is 2.79. The summed E-state index contributed by atoms with van der Waals surface area (Å²) in [5.74, 6) is 0.736. The summed E-state index contributed by atoms with van der Waals surface area (Å²) in [4.78, 5) is 23.3. The summed E-state index contributed by atoms with van der Waals surface area (Å²) >= 11 is 0. The molecule has 30 heavy (non-hydrogen) atoms. The van der Waals surface area contributed by atoms with Crippen molar-refractivity contribution in [3.05, 3.63) is 66.9 Å². The molecule has 3 rings (SSSR count). The van der Waals surface area contributed by atoms with Gasteiger partial charge in [-0.15, -0.1) is 0 Å². The van der Waals surface area contributed by atoms with Crippen molar-refractivity contribution in [3.63, 3.8) is 0 Å². The fraction of sp³-hybridized carbons (Fsp3) is 0.320.